The zero-order chi connectivity index (χ0) is 12.3. The lowest BCUT2D eigenvalue weighted by molar-refractivity contribution is 0.494. The maximum Gasteiger partial charge on any atom is 0.123 e. The van der Waals surface area contributed by atoms with Crippen LogP contribution in [-0.2, 0) is 6.42 Å². The van der Waals surface area contributed by atoms with E-state index in [0.29, 0.717) is 5.25 Å². The van der Waals surface area contributed by atoms with E-state index in [1.807, 2.05) is 24.8 Å². The van der Waals surface area contributed by atoms with Crippen LogP contribution in [0.3, 0.4) is 0 Å². The van der Waals surface area contributed by atoms with E-state index in [0.717, 1.165) is 12.0 Å². The van der Waals surface area contributed by atoms with E-state index in [1.54, 1.807) is 6.07 Å². The van der Waals surface area contributed by atoms with Gasteiger partial charge in [-0.2, -0.15) is 11.8 Å². The normalized spacial score (nSPS) is 21.7. The van der Waals surface area contributed by atoms with Crippen LogP contribution in [-0.4, -0.2) is 17.0 Å². The molecule has 94 valence electrons. The molecule has 0 amide bonds. The molecule has 1 aliphatic heterocycles. The van der Waals surface area contributed by atoms with Gasteiger partial charge in [0, 0.05) is 11.3 Å². The minimum atomic E-state index is -0.168. The summed E-state index contributed by atoms with van der Waals surface area (Å²) in [4.78, 5) is 0. The Morgan fingerprint density at radius 2 is 2.41 bits per heavy atom. The molecule has 0 aromatic heterocycles. The Kier molecular flexibility index (Phi) is 4.42. The molecule has 17 heavy (non-hydrogen) atoms. The molecule has 2 nitrogen and oxygen atoms in total. The molecule has 4 heteroatoms. The highest BCUT2D eigenvalue weighted by molar-refractivity contribution is 8.00. The van der Waals surface area contributed by atoms with Crippen LogP contribution in [0.1, 0.15) is 24.0 Å². The molecule has 2 rings (SSSR count). The predicted molar refractivity (Wildman–Crippen MR) is 71.4 cm³/mol. The Morgan fingerprint density at radius 3 is 3.00 bits per heavy atom. The van der Waals surface area contributed by atoms with Gasteiger partial charge >= 0.3 is 0 Å². The quantitative estimate of drug-likeness (QED) is 0.640. The lowest BCUT2D eigenvalue weighted by Gasteiger charge is -2.22. The van der Waals surface area contributed by atoms with Crippen molar-refractivity contribution in [3.63, 3.8) is 0 Å². The number of nitrogens with two attached hydrogens (primary N) is 1. The van der Waals surface area contributed by atoms with Gasteiger partial charge in [0.2, 0.25) is 0 Å². The third-order valence-electron chi connectivity index (χ3n) is 3.37. The molecule has 2 unspecified atom stereocenters. The van der Waals surface area contributed by atoms with Gasteiger partial charge in [0.1, 0.15) is 5.82 Å². The number of benzene rings is 1. The third kappa shape index (κ3) is 3.21. The molecule has 1 aliphatic rings. The second-order valence-electron chi connectivity index (χ2n) is 4.60. The Labute approximate surface area is 106 Å². The van der Waals surface area contributed by atoms with Crippen LogP contribution < -0.4 is 11.3 Å². The van der Waals surface area contributed by atoms with E-state index >= 15 is 0 Å². The average Bonchev–Trinajstić information content (AvgIpc) is 2.81. The topological polar surface area (TPSA) is 38.0 Å². The number of rotatable bonds is 4. The van der Waals surface area contributed by atoms with Gasteiger partial charge in [-0.1, -0.05) is 6.07 Å². The van der Waals surface area contributed by atoms with E-state index in [4.69, 9.17) is 5.84 Å². The largest absolute Gasteiger partial charge is 0.271 e. The fourth-order valence-corrected chi connectivity index (χ4v) is 3.72. The summed E-state index contributed by atoms with van der Waals surface area (Å²) in [7, 11) is 0. The van der Waals surface area contributed by atoms with Crippen LogP contribution >= 0.6 is 11.8 Å². The molecule has 1 saturated heterocycles. The van der Waals surface area contributed by atoms with E-state index in [1.165, 1.54) is 30.2 Å². The van der Waals surface area contributed by atoms with Crippen molar-refractivity contribution in [2.45, 2.75) is 37.5 Å². The second-order valence-corrected chi connectivity index (χ2v) is 5.95. The maximum absolute atomic E-state index is 13.0. The van der Waals surface area contributed by atoms with E-state index < -0.39 is 0 Å². The minimum absolute atomic E-state index is 0.168. The van der Waals surface area contributed by atoms with Crippen molar-refractivity contribution in [1.82, 2.24) is 5.43 Å². The Hall–Kier alpha value is -0.580. The Bertz CT molecular complexity index is 378. The fourth-order valence-electron chi connectivity index (χ4n) is 2.34. The third-order valence-corrected chi connectivity index (χ3v) is 4.89. The summed E-state index contributed by atoms with van der Waals surface area (Å²) in [5.74, 6) is 6.70. The fraction of sp³-hybridized carbons (Fsp3) is 0.538. The summed E-state index contributed by atoms with van der Waals surface area (Å²) in [6, 6.07) is 5.27. The molecule has 2 atom stereocenters. The molecule has 1 aromatic rings. The van der Waals surface area contributed by atoms with Gasteiger partial charge in [-0.05, 0) is 55.2 Å². The van der Waals surface area contributed by atoms with Crippen molar-refractivity contribution >= 4 is 11.8 Å². The molecule has 1 fully saturated rings. The van der Waals surface area contributed by atoms with Crippen LogP contribution in [0, 0.1) is 12.7 Å². The molecule has 1 aromatic carbocycles. The number of aryl methyl sites for hydroxylation is 1. The molecule has 1 heterocycles. The van der Waals surface area contributed by atoms with E-state index in [9.17, 15) is 4.39 Å². The van der Waals surface area contributed by atoms with Gasteiger partial charge in [0.15, 0.2) is 0 Å². The molecule has 0 bridgehead atoms. The summed E-state index contributed by atoms with van der Waals surface area (Å²) in [6.45, 7) is 1.95. The highest BCUT2D eigenvalue weighted by atomic mass is 32.2. The zero-order valence-electron chi connectivity index (χ0n) is 10.1. The summed E-state index contributed by atoms with van der Waals surface area (Å²) in [5, 5.41) is 0.587. The first-order chi connectivity index (χ1) is 8.20. The summed E-state index contributed by atoms with van der Waals surface area (Å²) in [6.07, 6.45) is 3.37. The molecule has 3 N–H and O–H groups in total. The van der Waals surface area contributed by atoms with E-state index in [-0.39, 0.29) is 11.9 Å². The highest BCUT2D eigenvalue weighted by Crippen LogP contribution is 2.30. The predicted octanol–water partition coefficient (Wildman–Crippen LogP) is 2.40. The van der Waals surface area contributed by atoms with Crippen molar-refractivity contribution in [2.75, 3.05) is 5.75 Å². The number of halogens is 1. The van der Waals surface area contributed by atoms with Crippen LogP contribution in [0.15, 0.2) is 18.2 Å². The summed E-state index contributed by atoms with van der Waals surface area (Å²) in [5.41, 5.74) is 5.11. The van der Waals surface area contributed by atoms with Gasteiger partial charge < -0.3 is 0 Å². The lowest BCUT2D eigenvalue weighted by atomic mass is 9.98. The smallest absolute Gasteiger partial charge is 0.123 e. The molecule has 0 saturated carbocycles. The highest BCUT2D eigenvalue weighted by Gasteiger charge is 2.25. The molecule has 0 radical (unpaired) electrons. The van der Waals surface area contributed by atoms with Crippen molar-refractivity contribution in [3.05, 3.63) is 35.1 Å². The maximum atomic E-state index is 13.0. The first-order valence-electron chi connectivity index (χ1n) is 6.03. The molecule has 0 aliphatic carbocycles. The molecular formula is C13H19FN2S. The van der Waals surface area contributed by atoms with Crippen molar-refractivity contribution in [2.24, 2.45) is 5.84 Å². The monoisotopic (exact) mass is 254 g/mol. The first-order valence-corrected chi connectivity index (χ1v) is 7.08. The lowest BCUT2D eigenvalue weighted by Crippen LogP contribution is -2.43. The molecule has 0 spiro atoms. The van der Waals surface area contributed by atoms with Crippen LogP contribution in [0.4, 0.5) is 4.39 Å². The van der Waals surface area contributed by atoms with Crippen LogP contribution in [0.2, 0.25) is 0 Å². The van der Waals surface area contributed by atoms with Gasteiger partial charge in [0.05, 0.1) is 0 Å². The van der Waals surface area contributed by atoms with Gasteiger partial charge in [-0.15, -0.1) is 0 Å². The van der Waals surface area contributed by atoms with Gasteiger partial charge in [-0.25, -0.2) is 4.39 Å². The average molecular weight is 254 g/mol. The first kappa shape index (κ1) is 12.9. The van der Waals surface area contributed by atoms with Crippen molar-refractivity contribution in [1.29, 1.82) is 0 Å². The Balaban J connectivity index is 2.06. The summed E-state index contributed by atoms with van der Waals surface area (Å²) < 4.78 is 13.0. The van der Waals surface area contributed by atoms with Gasteiger partial charge in [0.25, 0.3) is 0 Å². The number of thioether (sulfide) groups is 1. The standard InChI is InChI=1S/C13H19FN2S/c1-9-7-11(14)5-4-10(9)8-12(16-15)13-3-2-6-17-13/h4-5,7,12-13,16H,2-3,6,8,15H2,1H3. The minimum Gasteiger partial charge on any atom is -0.271 e. The van der Waals surface area contributed by atoms with Crippen molar-refractivity contribution < 1.29 is 4.39 Å². The summed E-state index contributed by atoms with van der Waals surface area (Å²) >= 11 is 1.99. The number of hydrogen-bond donors (Lipinski definition) is 2. The van der Waals surface area contributed by atoms with Crippen LogP contribution in [0.25, 0.3) is 0 Å². The van der Waals surface area contributed by atoms with Gasteiger partial charge in [-0.3, -0.25) is 11.3 Å². The van der Waals surface area contributed by atoms with E-state index in [2.05, 4.69) is 5.43 Å². The second kappa shape index (κ2) is 5.85. The zero-order valence-corrected chi connectivity index (χ0v) is 10.9. The number of hydrogen-bond acceptors (Lipinski definition) is 3. The SMILES string of the molecule is Cc1cc(F)ccc1CC(NN)C1CCCS1. The number of nitrogens with one attached hydrogen (secondary N) is 1. The molecular weight excluding hydrogens is 235 g/mol. The van der Waals surface area contributed by atoms with Crippen molar-refractivity contribution in [3.8, 4) is 0 Å². The number of hydrazine groups is 1. The Morgan fingerprint density at radius 1 is 1.59 bits per heavy atom. The van der Waals surface area contributed by atoms with Crippen LogP contribution in [0.5, 0.6) is 0 Å².